The Hall–Kier alpha value is -3.01. The SMILES string of the molecule is CC(=O)N1CCN(/C=C(/C#N)C(=O)Nc2ccccc2O)CC1. The maximum absolute atomic E-state index is 12.1. The molecular formula is C16H18N4O3. The number of piperazine rings is 1. The average Bonchev–Trinajstić information content (AvgIpc) is 2.55. The molecule has 0 atom stereocenters. The van der Waals surface area contributed by atoms with Gasteiger partial charge in [0.05, 0.1) is 5.69 Å². The number of amides is 2. The quantitative estimate of drug-likeness (QED) is 0.491. The third-order valence-corrected chi connectivity index (χ3v) is 3.59. The van der Waals surface area contributed by atoms with Crippen molar-refractivity contribution in [3.8, 4) is 11.8 Å². The molecule has 2 amide bonds. The first-order valence-electron chi connectivity index (χ1n) is 7.22. The molecule has 0 aliphatic carbocycles. The van der Waals surface area contributed by atoms with Gasteiger partial charge in [0.1, 0.15) is 17.4 Å². The van der Waals surface area contributed by atoms with Crippen molar-refractivity contribution in [1.82, 2.24) is 9.80 Å². The number of phenolic OH excluding ortho intramolecular Hbond substituents is 1. The summed E-state index contributed by atoms with van der Waals surface area (Å²) in [5, 5.41) is 21.3. The molecule has 1 aromatic carbocycles. The van der Waals surface area contributed by atoms with Crippen LogP contribution < -0.4 is 5.32 Å². The molecule has 23 heavy (non-hydrogen) atoms. The highest BCUT2D eigenvalue weighted by Crippen LogP contribution is 2.22. The Morgan fingerprint density at radius 3 is 2.48 bits per heavy atom. The van der Waals surface area contributed by atoms with Crippen molar-refractivity contribution < 1.29 is 14.7 Å². The molecule has 1 aromatic rings. The van der Waals surface area contributed by atoms with Gasteiger partial charge in [0, 0.05) is 39.3 Å². The van der Waals surface area contributed by atoms with Crippen LogP contribution in [-0.2, 0) is 9.59 Å². The van der Waals surface area contributed by atoms with E-state index in [1.807, 2.05) is 11.0 Å². The second kappa shape index (κ2) is 7.31. The number of anilines is 1. The molecule has 1 fully saturated rings. The van der Waals surface area contributed by atoms with Gasteiger partial charge in [-0.1, -0.05) is 12.1 Å². The second-order valence-electron chi connectivity index (χ2n) is 5.17. The Labute approximate surface area is 134 Å². The van der Waals surface area contributed by atoms with E-state index >= 15 is 0 Å². The van der Waals surface area contributed by atoms with E-state index in [2.05, 4.69) is 5.32 Å². The van der Waals surface area contributed by atoms with Gasteiger partial charge in [-0.05, 0) is 12.1 Å². The molecule has 7 heteroatoms. The monoisotopic (exact) mass is 314 g/mol. The highest BCUT2D eigenvalue weighted by atomic mass is 16.3. The zero-order valence-electron chi connectivity index (χ0n) is 12.8. The van der Waals surface area contributed by atoms with Crippen LogP contribution in [0.2, 0.25) is 0 Å². The standard InChI is InChI=1S/C16H18N4O3/c1-12(21)20-8-6-19(7-9-20)11-13(10-17)16(23)18-14-4-2-3-5-15(14)22/h2-5,11,22H,6-9H2,1H3,(H,18,23)/b13-11-. The first-order valence-corrected chi connectivity index (χ1v) is 7.22. The summed E-state index contributed by atoms with van der Waals surface area (Å²) in [6.07, 6.45) is 1.49. The average molecular weight is 314 g/mol. The fourth-order valence-electron chi connectivity index (χ4n) is 2.26. The van der Waals surface area contributed by atoms with Gasteiger partial charge in [0.15, 0.2) is 0 Å². The lowest BCUT2D eigenvalue weighted by molar-refractivity contribution is -0.130. The van der Waals surface area contributed by atoms with E-state index in [1.54, 1.807) is 23.1 Å². The maximum Gasteiger partial charge on any atom is 0.267 e. The highest BCUT2D eigenvalue weighted by Gasteiger charge is 2.19. The number of aromatic hydroxyl groups is 1. The molecule has 0 spiro atoms. The summed E-state index contributed by atoms with van der Waals surface area (Å²) < 4.78 is 0. The van der Waals surface area contributed by atoms with Crippen molar-refractivity contribution in [2.75, 3.05) is 31.5 Å². The number of carbonyl (C=O) groups excluding carboxylic acids is 2. The number of carbonyl (C=O) groups is 2. The Kier molecular flexibility index (Phi) is 5.20. The Bertz CT molecular complexity index is 670. The minimum atomic E-state index is -0.581. The summed E-state index contributed by atoms with van der Waals surface area (Å²) in [5.41, 5.74) is 0.199. The molecular weight excluding hydrogens is 296 g/mol. The number of nitrogens with one attached hydrogen (secondary N) is 1. The van der Waals surface area contributed by atoms with Gasteiger partial charge < -0.3 is 20.2 Å². The number of phenols is 1. The van der Waals surface area contributed by atoms with Crippen LogP contribution in [0.1, 0.15) is 6.92 Å². The zero-order valence-corrected chi connectivity index (χ0v) is 12.8. The molecule has 2 N–H and O–H groups in total. The first-order chi connectivity index (χ1) is 11.0. The van der Waals surface area contributed by atoms with E-state index < -0.39 is 5.91 Å². The fraction of sp³-hybridized carbons (Fsp3) is 0.312. The molecule has 2 rings (SSSR count). The van der Waals surface area contributed by atoms with Gasteiger partial charge >= 0.3 is 0 Å². The van der Waals surface area contributed by atoms with Gasteiger partial charge in [-0.25, -0.2) is 0 Å². The summed E-state index contributed by atoms with van der Waals surface area (Å²) in [4.78, 5) is 27.0. The molecule has 1 saturated heterocycles. The number of rotatable bonds is 3. The largest absolute Gasteiger partial charge is 0.506 e. The van der Waals surface area contributed by atoms with E-state index in [0.29, 0.717) is 26.2 Å². The summed E-state index contributed by atoms with van der Waals surface area (Å²) in [6.45, 7) is 3.77. The fourth-order valence-corrected chi connectivity index (χ4v) is 2.26. The molecule has 0 unspecified atom stereocenters. The minimum Gasteiger partial charge on any atom is -0.506 e. The lowest BCUT2D eigenvalue weighted by Crippen LogP contribution is -2.46. The maximum atomic E-state index is 12.1. The first kappa shape index (κ1) is 16.4. The second-order valence-corrected chi connectivity index (χ2v) is 5.17. The predicted octanol–water partition coefficient (Wildman–Crippen LogP) is 0.902. The predicted molar refractivity (Wildman–Crippen MR) is 84.3 cm³/mol. The van der Waals surface area contributed by atoms with Gasteiger partial charge in [0.25, 0.3) is 5.91 Å². The summed E-state index contributed by atoms with van der Waals surface area (Å²) in [7, 11) is 0. The van der Waals surface area contributed by atoms with Crippen molar-refractivity contribution >= 4 is 17.5 Å². The number of benzene rings is 1. The van der Waals surface area contributed by atoms with E-state index in [9.17, 15) is 20.0 Å². The Balaban J connectivity index is 2.02. The van der Waals surface area contributed by atoms with Crippen LogP contribution in [0, 0.1) is 11.3 Å². The number of nitrogens with zero attached hydrogens (tertiary/aromatic N) is 3. The van der Waals surface area contributed by atoms with Crippen LogP contribution in [0.3, 0.4) is 0 Å². The van der Waals surface area contributed by atoms with E-state index in [-0.39, 0.29) is 22.9 Å². The smallest absolute Gasteiger partial charge is 0.267 e. The van der Waals surface area contributed by atoms with E-state index in [1.165, 1.54) is 19.2 Å². The normalized spacial score (nSPS) is 15.0. The molecule has 120 valence electrons. The van der Waals surface area contributed by atoms with Crippen molar-refractivity contribution in [3.05, 3.63) is 36.0 Å². The third-order valence-electron chi connectivity index (χ3n) is 3.59. The number of para-hydroxylation sites is 2. The molecule has 0 radical (unpaired) electrons. The summed E-state index contributed by atoms with van der Waals surface area (Å²) in [6, 6.07) is 8.18. The number of nitriles is 1. The lowest BCUT2D eigenvalue weighted by atomic mass is 10.2. The van der Waals surface area contributed by atoms with Crippen LogP contribution in [-0.4, -0.2) is 52.9 Å². The van der Waals surface area contributed by atoms with Crippen LogP contribution in [0.15, 0.2) is 36.0 Å². The van der Waals surface area contributed by atoms with Crippen molar-refractivity contribution in [2.45, 2.75) is 6.92 Å². The zero-order chi connectivity index (χ0) is 16.8. The van der Waals surface area contributed by atoms with Crippen molar-refractivity contribution in [1.29, 1.82) is 5.26 Å². The third kappa shape index (κ3) is 4.23. The number of hydrogen-bond donors (Lipinski definition) is 2. The highest BCUT2D eigenvalue weighted by molar-refractivity contribution is 6.07. The molecule has 0 bridgehead atoms. The minimum absolute atomic E-state index is 0.0198. The molecule has 0 aromatic heterocycles. The Morgan fingerprint density at radius 1 is 1.26 bits per heavy atom. The van der Waals surface area contributed by atoms with E-state index in [4.69, 9.17) is 0 Å². The van der Waals surface area contributed by atoms with Gasteiger partial charge in [-0.3, -0.25) is 9.59 Å². The Morgan fingerprint density at radius 2 is 1.91 bits per heavy atom. The molecule has 1 aliphatic heterocycles. The van der Waals surface area contributed by atoms with E-state index in [0.717, 1.165) is 0 Å². The summed E-state index contributed by atoms with van der Waals surface area (Å²) >= 11 is 0. The van der Waals surface area contributed by atoms with Gasteiger partial charge in [-0.2, -0.15) is 5.26 Å². The topological polar surface area (TPSA) is 96.7 Å². The van der Waals surface area contributed by atoms with Gasteiger partial charge in [-0.15, -0.1) is 0 Å². The van der Waals surface area contributed by atoms with Crippen LogP contribution in [0.25, 0.3) is 0 Å². The van der Waals surface area contributed by atoms with Crippen molar-refractivity contribution in [3.63, 3.8) is 0 Å². The molecule has 1 heterocycles. The van der Waals surface area contributed by atoms with Crippen LogP contribution in [0.5, 0.6) is 5.75 Å². The van der Waals surface area contributed by atoms with Gasteiger partial charge in [0.2, 0.25) is 5.91 Å². The molecule has 7 nitrogen and oxygen atoms in total. The molecule has 1 aliphatic rings. The summed E-state index contributed by atoms with van der Waals surface area (Å²) in [5.74, 6) is -0.623. The van der Waals surface area contributed by atoms with Crippen LogP contribution >= 0.6 is 0 Å². The number of hydrogen-bond acceptors (Lipinski definition) is 5. The lowest BCUT2D eigenvalue weighted by Gasteiger charge is -2.33. The van der Waals surface area contributed by atoms with Crippen molar-refractivity contribution in [2.24, 2.45) is 0 Å². The molecule has 0 saturated carbocycles. The van der Waals surface area contributed by atoms with Crippen LogP contribution in [0.4, 0.5) is 5.69 Å².